The number of benzene rings is 2. The lowest BCUT2D eigenvalue weighted by atomic mass is 10.1. The molecular weight excluding hydrogens is 382 g/mol. The highest BCUT2D eigenvalue weighted by Crippen LogP contribution is 2.22. The van der Waals surface area contributed by atoms with Crippen LogP contribution in [-0.2, 0) is 6.54 Å². The molecule has 2 amide bonds. The average molecular weight is 407 g/mol. The van der Waals surface area contributed by atoms with Crippen LogP contribution in [0.3, 0.4) is 0 Å². The molecule has 0 saturated heterocycles. The molecule has 1 heterocycles. The van der Waals surface area contributed by atoms with Gasteiger partial charge in [-0.2, -0.15) is 5.10 Å². The Morgan fingerprint density at radius 3 is 2.53 bits per heavy atom. The first-order valence-corrected chi connectivity index (χ1v) is 9.52. The van der Waals surface area contributed by atoms with Crippen molar-refractivity contribution in [3.8, 4) is 0 Å². The summed E-state index contributed by atoms with van der Waals surface area (Å²) < 4.78 is 1.61. The topological polar surface area (TPSA) is 90.7 Å². The molecule has 0 bridgehead atoms. The third kappa shape index (κ3) is 4.96. The summed E-state index contributed by atoms with van der Waals surface area (Å²) in [6, 6.07) is 14.6. The van der Waals surface area contributed by atoms with Gasteiger partial charge in [-0.05, 0) is 36.8 Å². The van der Waals surface area contributed by atoms with Gasteiger partial charge in [0, 0.05) is 38.2 Å². The zero-order valence-electron chi connectivity index (χ0n) is 17.2. The Hall–Kier alpha value is -3.81. The van der Waals surface area contributed by atoms with Gasteiger partial charge in [0.05, 0.1) is 24.0 Å². The summed E-state index contributed by atoms with van der Waals surface area (Å²) in [5.74, 6) is -0.227. The Labute approximate surface area is 175 Å². The molecule has 2 N–H and O–H groups in total. The smallest absolute Gasteiger partial charge is 0.411 e. The summed E-state index contributed by atoms with van der Waals surface area (Å²) in [7, 11) is 3.79. The monoisotopic (exact) mass is 407 g/mol. The fourth-order valence-electron chi connectivity index (χ4n) is 3.10. The zero-order valence-corrected chi connectivity index (χ0v) is 17.2. The van der Waals surface area contributed by atoms with Crippen molar-refractivity contribution in [3.05, 3.63) is 72.1 Å². The number of nitrogens with one attached hydrogen (secondary N) is 1. The second-order valence-corrected chi connectivity index (χ2v) is 7.13. The van der Waals surface area contributed by atoms with Gasteiger partial charge in [-0.1, -0.05) is 24.3 Å². The summed E-state index contributed by atoms with van der Waals surface area (Å²) >= 11 is 0. The number of hydrogen-bond donors (Lipinski definition) is 2. The molecule has 0 fully saturated rings. The van der Waals surface area contributed by atoms with Crippen LogP contribution in [0.2, 0.25) is 0 Å². The Kier molecular flexibility index (Phi) is 6.36. The van der Waals surface area contributed by atoms with Crippen molar-refractivity contribution in [2.24, 2.45) is 0 Å². The third-order valence-corrected chi connectivity index (χ3v) is 4.62. The minimum absolute atomic E-state index is 0.227. The maximum Gasteiger partial charge on any atom is 0.411 e. The fraction of sp³-hybridized carbons (Fsp3) is 0.227. The summed E-state index contributed by atoms with van der Waals surface area (Å²) in [4.78, 5) is 27.5. The van der Waals surface area contributed by atoms with Gasteiger partial charge in [0.25, 0.3) is 5.91 Å². The standard InChI is InChI=1S/C22H25N5O3/c1-16-9-10-19(20(13-16)25(2)3)21(28)24-17-14-23-26(15-17)11-12-27(22(29)30)18-7-5-4-6-8-18/h4-10,13-15H,11-12H2,1-3H3,(H,24,28)(H,29,30). The molecule has 2 aromatic carbocycles. The van der Waals surface area contributed by atoms with Gasteiger partial charge < -0.3 is 15.3 Å². The number of amides is 2. The molecule has 0 saturated carbocycles. The number of aryl methyl sites for hydroxylation is 1. The maximum absolute atomic E-state index is 12.7. The first-order chi connectivity index (χ1) is 14.3. The van der Waals surface area contributed by atoms with Crippen LogP contribution in [-0.4, -0.2) is 47.5 Å². The van der Waals surface area contributed by atoms with Crippen molar-refractivity contribution in [3.63, 3.8) is 0 Å². The Morgan fingerprint density at radius 1 is 1.13 bits per heavy atom. The molecule has 3 aromatic rings. The highest BCUT2D eigenvalue weighted by molar-refractivity contribution is 6.08. The van der Waals surface area contributed by atoms with Crippen LogP contribution < -0.4 is 15.1 Å². The molecule has 8 nitrogen and oxygen atoms in total. The van der Waals surface area contributed by atoms with E-state index in [1.807, 2.05) is 44.1 Å². The number of carbonyl (C=O) groups is 2. The minimum Gasteiger partial charge on any atom is -0.465 e. The predicted molar refractivity (Wildman–Crippen MR) is 117 cm³/mol. The molecular formula is C22H25N5O3. The van der Waals surface area contributed by atoms with Gasteiger partial charge in [0.2, 0.25) is 0 Å². The highest BCUT2D eigenvalue weighted by atomic mass is 16.4. The number of carbonyl (C=O) groups excluding carboxylic acids is 1. The molecule has 0 aliphatic heterocycles. The van der Waals surface area contributed by atoms with E-state index < -0.39 is 6.09 Å². The van der Waals surface area contributed by atoms with E-state index in [4.69, 9.17) is 0 Å². The lowest BCUT2D eigenvalue weighted by molar-refractivity contribution is 0.102. The van der Waals surface area contributed by atoms with Crippen LogP contribution in [0.15, 0.2) is 60.9 Å². The van der Waals surface area contributed by atoms with Crippen molar-refractivity contribution >= 4 is 29.1 Å². The van der Waals surface area contributed by atoms with Crippen molar-refractivity contribution < 1.29 is 14.7 Å². The van der Waals surface area contributed by atoms with E-state index in [2.05, 4.69) is 10.4 Å². The fourth-order valence-corrected chi connectivity index (χ4v) is 3.10. The lowest BCUT2D eigenvalue weighted by Gasteiger charge is -2.19. The van der Waals surface area contributed by atoms with Gasteiger partial charge in [0.15, 0.2) is 0 Å². The van der Waals surface area contributed by atoms with E-state index in [1.165, 1.54) is 4.90 Å². The van der Waals surface area contributed by atoms with Crippen molar-refractivity contribution in [1.82, 2.24) is 9.78 Å². The van der Waals surface area contributed by atoms with E-state index in [0.717, 1.165) is 11.3 Å². The van der Waals surface area contributed by atoms with Gasteiger partial charge in [-0.25, -0.2) is 4.79 Å². The number of anilines is 3. The Balaban J connectivity index is 1.67. The first-order valence-electron chi connectivity index (χ1n) is 9.52. The van der Waals surface area contributed by atoms with Crippen LogP contribution in [0.5, 0.6) is 0 Å². The van der Waals surface area contributed by atoms with E-state index in [1.54, 1.807) is 47.4 Å². The molecule has 3 rings (SSSR count). The molecule has 30 heavy (non-hydrogen) atoms. The third-order valence-electron chi connectivity index (χ3n) is 4.62. The maximum atomic E-state index is 12.7. The molecule has 0 aliphatic carbocycles. The first kappa shape index (κ1) is 20.9. The van der Waals surface area contributed by atoms with Crippen molar-refractivity contribution in [1.29, 1.82) is 0 Å². The predicted octanol–water partition coefficient (Wildman–Crippen LogP) is 3.69. The van der Waals surface area contributed by atoms with E-state index in [-0.39, 0.29) is 12.5 Å². The summed E-state index contributed by atoms with van der Waals surface area (Å²) in [5, 5.41) is 16.6. The Bertz CT molecular complexity index is 1030. The highest BCUT2D eigenvalue weighted by Gasteiger charge is 2.16. The van der Waals surface area contributed by atoms with Gasteiger partial charge in [-0.15, -0.1) is 0 Å². The normalized spacial score (nSPS) is 10.5. The molecule has 0 unspecified atom stereocenters. The van der Waals surface area contributed by atoms with Crippen molar-refractivity contribution in [2.45, 2.75) is 13.5 Å². The molecule has 0 radical (unpaired) electrons. The van der Waals surface area contributed by atoms with Crippen LogP contribution in [0.25, 0.3) is 0 Å². The second-order valence-electron chi connectivity index (χ2n) is 7.13. The molecule has 0 aliphatic rings. The van der Waals surface area contributed by atoms with Gasteiger partial charge >= 0.3 is 6.09 Å². The van der Waals surface area contributed by atoms with E-state index in [9.17, 15) is 14.7 Å². The molecule has 8 heteroatoms. The number of nitrogens with zero attached hydrogens (tertiary/aromatic N) is 4. The number of aromatic nitrogens is 2. The summed E-state index contributed by atoms with van der Waals surface area (Å²) in [5.41, 5.74) is 3.62. The molecule has 1 aromatic heterocycles. The van der Waals surface area contributed by atoms with Gasteiger partial charge in [-0.3, -0.25) is 14.4 Å². The lowest BCUT2D eigenvalue weighted by Crippen LogP contribution is -2.32. The minimum atomic E-state index is -1.03. The quantitative estimate of drug-likeness (QED) is 0.623. The number of rotatable bonds is 7. The molecule has 0 spiro atoms. The molecule has 0 atom stereocenters. The molecule has 156 valence electrons. The summed E-state index contributed by atoms with van der Waals surface area (Å²) in [6.45, 7) is 2.57. The van der Waals surface area contributed by atoms with Crippen LogP contribution in [0, 0.1) is 6.92 Å². The average Bonchev–Trinajstić information content (AvgIpc) is 3.15. The van der Waals surface area contributed by atoms with Crippen LogP contribution in [0.1, 0.15) is 15.9 Å². The second kappa shape index (κ2) is 9.13. The van der Waals surface area contributed by atoms with Crippen molar-refractivity contribution in [2.75, 3.05) is 35.8 Å². The SMILES string of the molecule is Cc1ccc(C(=O)Nc2cnn(CCN(C(=O)O)c3ccccc3)c2)c(N(C)C)c1. The largest absolute Gasteiger partial charge is 0.465 e. The van der Waals surface area contributed by atoms with Crippen LogP contribution >= 0.6 is 0 Å². The van der Waals surface area contributed by atoms with Gasteiger partial charge in [0.1, 0.15) is 0 Å². The number of hydrogen-bond acceptors (Lipinski definition) is 4. The van der Waals surface area contributed by atoms with E-state index >= 15 is 0 Å². The number of carboxylic acid groups (broad SMARTS) is 1. The van der Waals surface area contributed by atoms with E-state index in [0.29, 0.717) is 23.5 Å². The Morgan fingerprint density at radius 2 is 1.87 bits per heavy atom. The zero-order chi connectivity index (χ0) is 21.7. The summed E-state index contributed by atoms with van der Waals surface area (Å²) in [6.07, 6.45) is 2.21. The van der Waals surface area contributed by atoms with Crippen LogP contribution in [0.4, 0.5) is 21.9 Å². The number of para-hydroxylation sites is 1.